The molecule has 1 fully saturated rings. The molecule has 0 atom stereocenters. The lowest BCUT2D eigenvalue weighted by Crippen LogP contribution is -2.44. The molecule has 1 aliphatic heterocycles. The second-order valence-corrected chi connectivity index (χ2v) is 7.50. The summed E-state index contributed by atoms with van der Waals surface area (Å²) in [7, 11) is 2.14. The van der Waals surface area contributed by atoms with Crippen LogP contribution in [0.2, 0.25) is 0 Å². The number of nitrogens with one attached hydrogen (secondary N) is 1. The van der Waals surface area contributed by atoms with Gasteiger partial charge in [-0.25, -0.2) is 4.98 Å². The second-order valence-electron chi connectivity index (χ2n) is 7.50. The molecule has 0 bridgehead atoms. The van der Waals surface area contributed by atoms with E-state index in [1.54, 1.807) is 6.20 Å². The van der Waals surface area contributed by atoms with Crippen molar-refractivity contribution in [1.82, 2.24) is 15.2 Å². The number of piperazine rings is 1. The second kappa shape index (κ2) is 12.7. The molecule has 1 aromatic heterocycles. The first-order valence-corrected chi connectivity index (χ1v) is 10.5. The molecule has 0 radical (unpaired) electrons. The van der Waals surface area contributed by atoms with Crippen LogP contribution < -0.4 is 10.2 Å². The number of amides is 1. The third-order valence-electron chi connectivity index (χ3n) is 5.21. The van der Waals surface area contributed by atoms with E-state index in [9.17, 15) is 4.79 Å². The van der Waals surface area contributed by atoms with E-state index in [1.165, 1.54) is 25.7 Å². The molecule has 0 unspecified atom stereocenters. The first-order chi connectivity index (χ1) is 13.2. The van der Waals surface area contributed by atoms with E-state index in [0.29, 0.717) is 12.2 Å². The van der Waals surface area contributed by atoms with Crippen LogP contribution in [0.5, 0.6) is 0 Å². The molecule has 152 valence electrons. The van der Waals surface area contributed by atoms with Crippen LogP contribution >= 0.6 is 0 Å². The predicted molar refractivity (Wildman–Crippen MR) is 110 cm³/mol. The Morgan fingerprint density at radius 2 is 1.63 bits per heavy atom. The average molecular weight is 377 g/mol. The van der Waals surface area contributed by atoms with Gasteiger partial charge in [-0.3, -0.25) is 4.79 Å². The van der Waals surface area contributed by atoms with E-state index in [1.807, 2.05) is 12.1 Å². The highest BCUT2D eigenvalue weighted by Gasteiger charge is 2.15. The summed E-state index contributed by atoms with van der Waals surface area (Å²) in [5.41, 5.74) is 0.636. The Kier molecular flexibility index (Phi) is 10.2. The SMILES string of the molecule is CN1CCN(c2ccc(C(=O)NCCCCCCCCCCO)cn2)CC1. The molecule has 0 saturated carbocycles. The molecular formula is C21H36N4O2. The van der Waals surface area contributed by atoms with E-state index in [0.717, 1.165) is 64.2 Å². The predicted octanol–water partition coefficient (Wildman–Crippen LogP) is 2.68. The van der Waals surface area contributed by atoms with Gasteiger partial charge in [0.2, 0.25) is 0 Å². The molecule has 27 heavy (non-hydrogen) atoms. The third-order valence-corrected chi connectivity index (χ3v) is 5.21. The standard InChI is InChI=1S/C21H36N4O2/c1-24-13-15-25(16-14-24)20-11-10-19(18-23-20)21(27)22-12-8-6-4-2-3-5-7-9-17-26/h10-11,18,26H,2-9,12-17H2,1H3,(H,22,27). The number of anilines is 1. The van der Waals surface area contributed by atoms with Crippen LogP contribution in [0.3, 0.4) is 0 Å². The molecule has 6 heteroatoms. The number of rotatable bonds is 12. The van der Waals surface area contributed by atoms with E-state index in [-0.39, 0.29) is 5.91 Å². The van der Waals surface area contributed by atoms with Crippen LogP contribution in [0, 0.1) is 0 Å². The zero-order chi connectivity index (χ0) is 19.3. The Balaban J connectivity index is 1.57. The average Bonchev–Trinajstić information content (AvgIpc) is 2.70. The lowest BCUT2D eigenvalue weighted by Gasteiger charge is -2.33. The Morgan fingerprint density at radius 1 is 1.00 bits per heavy atom. The van der Waals surface area contributed by atoms with Crippen LogP contribution in [-0.4, -0.2) is 67.3 Å². The van der Waals surface area contributed by atoms with Gasteiger partial charge in [0.1, 0.15) is 5.82 Å². The molecule has 1 amide bonds. The van der Waals surface area contributed by atoms with Crippen LogP contribution in [0.15, 0.2) is 18.3 Å². The quantitative estimate of drug-likeness (QED) is 0.549. The van der Waals surface area contributed by atoms with Crippen molar-refractivity contribution in [2.75, 3.05) is 51.3 Å². The van der Waals surface area contributed by atoms with Crippen molar-refractivity contribution in [3.05, 3.63) is 23.9 Å². The van der Waals surface area contributed by atoms with Crippen molar-refractivity contribution in [3.8, 4) is 0 Å². The number of nitrogens with zero attached hydrogens (tertiary/aromatic N) is 3. The smallest absolute Gasteiger partial charge is 0.252 e. The topological polar surface area (TPSA) is 68.7 Å². The summed E-state index contributed by atoms with van der Waals surface area (Å²) in [5.74, 6) is 0.926. The van der Waals surface area contributed by atoms with E-state index in [4.69, 9.17) is 5.11 Å². The normalized spacial score (nSPS) is 15.1. The highest BCUT2D eigenvalue weighted by atomic mass is 16.2. The molecule has 0 spiro atoms. The highest BCUT2D eigenvalue weighted by molar-refractivity contribution is 5.94. The Morgan fingerprint density at radius 3 is 2.22 bits per heavy atom. The highest BCUT2D eigenvalue weighted by Crippen LogP contribution is 2.13. The van der Waals surface area contributed by atoms with Crippen LogP contribution in [0.1, 0.15) is 61.7 Å². The summed E-state index contributed by atoms with van der Waals surface area (Å²) in [6.45, 7) is 5.10. The monoisotopic (exact) mass is 376 g/mol. The molecule has 0 aromatic carbocycles. The van der Waals surface area contributed by atoms with Gasteiger partial charge in [0, 0.05) is 45.5 Å². The van der Waals surface area contributed by atoms with Gasteiger partial charge in [0.05, 0.1) is 5.56 Å². The maximum absolute atomic E-state index is 12.2. The van der Waals surface area contributed by atoms with E-state index < -0.39 is 0 Å². The zero-order valence-electron chi connectivity index (χ0n) is 16.8. The fourth-order valence-electron chi connectivity index (χ4n) is 3.34. The number of pyridine rings is 1. The maximum atomic E-state index is 12.2. The Labute approximate surface area is 164 Å². The Hall–Kier alpha value is -1.66. The van der Waals surface area contributed by atoms with Gasteiger partial charge >= 0.3 is 0 Å². The number of hydrogen-bond acceptors (Lipinski definition) is 5. The van der Waals surface area contributed by atoms with Crippen LogP contribution in [0.4, 0.5) is 5.82 Å². The van der Waals surface area contributed by atoms with E-state index in [2.05, 4.69) is 27.1 Å². The molecule has 2 N–H and O–H groups in total. The van der Waals surface area contributed by atoms with Gasteiger partial charge in [-0.15, -0.1) is 0 Å². The third kappa shape index (κ3) is 8.26. The fraction of sp³-hybridized carbons (Fsp3) is 0.714. The number of carbonyl (C=O) groups excluding carboxylic acids is 1. The van der Waals surface area contributed by atoms with Crippen molar-refractivity contribution in [3.63, 3.8) is 0 Å². The van der Waals surface area contributed by atoms with Crippen LogP contribution in [-0.2, 0) is 0 Å². The first-order valence-electron chi connectivity index (χ1n) is 10.5. The number of likely N-dealkylation sites (N-methyl/N-ethyl adjacent to an activating group) is 1. The number of aromatic nitrogens is 1. The largest absolute Gasteiger partial charge is 0.396 e. The summed E-state index contributed by atoms with van der Waals surface area (Å²) in [6.07, 6.45) is 10.9. The maximum Gasteiger partial charge on any atom is 0.252 e. The Bertz CT molecular complexity index is 527. The lowest BCUT2D eigenvalue weighted by atomic mass is 10.1. The van der Waals surface area contributed by atoms with E-state index >= 15 is 0 Å². The molecule has 2 heterocycles. The number of unbranched alkanes of at least 4 members (excludes halogenated alkanes) is 7. The number of carbonyl (C=O) groups is 1. The minimum Gasteiger partial charge on any atom is -0.396 e. The van der Waals surface area contributed by atoms with Gasteiger partial charge in [-0.05, 0) is 32.0 Å². The summed E-state index contributed by atoms with van der Waals surface area (Å²) in [5, 5.41) is 11.7. The van der Waals surface area contributed by atoms with Gasteiger partial charge in [-0.2, -0.15) is 0 Å². The fourth-order valence-corrected chi connectivity index (χ4v) is 3.34. The van der Waals surface area contributed by atoms with Gasteiger partial charge < -0.3 is 20.2 Å². The van der Waals surface area contributed by atoms with Crippen LogP contribution in [0.25, 0.3) is 0 Å². The summed E-state index contributed by atoms with van der Waals surface area (Å²) in [6, 6.07) is 3.83. The molecular weight excluding hydrogens is 340 g/mol. The minimum absolute atomic E-state index is 0.0311. The van der Waals surface area contributed by atoms with Crippen molar-refractivity contribution in [1.29, 1.82) is 0 Å². The molecule has 0 aliphatic carbocycles. The van der Waals surface area contributed by atoms with Crippen molar-refractivity contribution in [2.24, 2.45) is 0 Å². The van der Waals surface area contributed by atoms with Gasteiger partial charge in [0.25, 0.3) is 5.91 Å². The molecule has 1 saturated heterocycles. The first kappa shape index (κ1) is 21.6. The van der Waals surface area contributed by atoms with Gasteiger partial charge in [0.15, 0.2) is 0 Å². The van der Waals surface area contributed by atoms with Crippen molar-refractivity contribution >= 4 is 11.7 Å². The molecule has 1 aromatic rings. The van der Waals surface area contributed by atoms with Crippen molar-refractivity contribution < 1.29 is 9.90 Å². The summed E-state index contributed by atoms with van der Waals surface area (Å²) >= 11 is 0. The lowest BCUT2D eigenvalue weighted by molar-refractivity contribution is 0.0952. The summed E-state index contributed by atoms with van der Waals surface area (Å²) < 4.78 is 0. The molecule has 6 nitrogen and oxygen atoms in total. The zero-order valence-corrected chi connectivity index (χ0v) is 16.8. The molecule has 1 aliphatic rings. The number of aliphatic hydroxyl groups excluding tert-OH is 1. The van der Waals surface area contributed by atoms with Gasteiger partial charge in [-0.1, -0.05) is 38.5 Å². The minimum atomic E-state index is -0.0311. The molecule has 2 rings (SSSR count). The number of hydrogen-bond donors (Lipinski definition) is 2. The number of aliphatic hydroxyl groups is 1. The van der Waals surface area contributed by atoms with Crippen molar-refractivity contribution in [2.45, 2.75) is 51.4 Å². The summed E-state index contributed by atoms with van der Waals surface area (Å²) in [4.78, 5) is 21.3.